The fourth-order valence-electron chi connectivity index (χ4n) is 2.83. The van der Waals surface area contributed by atoms with Crippen LogP contribution in [-0.2, 0) is 16.1 Å². The lowest BCUT2D eigenvalue weighted by Gasteiger charge is -2.24. The highest BCUT2D eigenvalue weighted by Crippen LogP contribution is 2.09. The lowest BCUT2D eigenvalue weighted by Crippen LogP contribution is -2.42. The third-order valence-electron chi connectivity index (χ3n) is 4.08. The molecule has 1 aliphatic rings. The number of hydrogen-bond donors (Lipinski definition) is 1. The van der Waals surface area contributed by atoms with Crippen molar-refractivity contribution in [1.29, 1.82) is 0 Å². The van der Waals surface area contributed by atoms with Crippen LogP contribution in [0, 0.1) is 6.92 Å². The molecule has 0 aliphatic carbocycles. The second-order valence-corrected chi connectivity index (χ2v) is 6.57. The van der Waals surface area contributed by atoms with Gasteiger partial charge in [-0.2, -0.15) is 0 Å². The highest BCUT2D eigenvalue weighted by Gasteiger charge is 2.17. The van der Waals surface area contributed by atoms with Crippen LogP contribution >= 0.6 is 12.2 Å². The average molecular weight is 369 g/mol. The SMILES string of the molecule is CCOC(=O)CCCNC(=S)N1CCCN(Cc2cc(C)on2)CC1. The van der Waals surface area contributed by atoms with E-state index >= 15 is 0 Å². The maximum absolute atomic E-state index is 11.3. The topological polar surface area (TPSA) is 70.8 Å². The number of aryl methyl sites for hydroxylation is 1. The molecule has 0 aromatic carbocycles. The third kappa shape index (κ3) is 6.99. The van der Waals surface area contributed by atoms with Gasteiger partial charge in [-0.05, 0) is 38.9 Å². The van der Waals surface area contributed by atoms with Crippen molar-refractivity contribution in [2.75, 3.05) is 39.3 Å². The summed E-state index contributed by atoms with van der Waals surface area (Å²) in [5, 5.41) is 8.08. The van der Waals surface area contributed by atoms with Gasteiger partial charge in [0.05, 0.1) is 12.3 Å². The van der Waals surface area contributed by atoms with Crippen molar-refractivity contribution in [3.05, 3.63) is 17.5 Å². The zero-order valence-corrected chi connectivity index (χ0v) is 15.9. The summed E-state index contributed by atoms with van der Waals surface area (Å²) < 4.78 is 10.0. The summed E-state index contributed by atoms with van der Waals surface area (Å²) in [7, 11) is 0. The van der Waals surface area contributed by atoms with Gasteiger partial charge >= 0.3 is 5.97 Å². The van der Waals surface area contributed by atoms with Crippen molar-refractivity contribution in [1.82, 2.24) is 20.3 Å². The molecule has 1 aromatic rings. The minimum Gasteiger partial charge on any atom is -0.466 e. The Morgan fingerprint density at radius 1 is 1.40 bits per heavy atom. The van der Waals surface area contributed by atoms with E-state index in [1.807, 2.05) is 19.9 Å². The van der Waals surface area contributed by atoms with Crippen molar-refractivity contribution < 1.29 is 14.1 Å². The van der Waals surface area contributed by atoms with Gasteiger partial charge in [0, 0.05) is 51.8 Å². The smallest absolute Gasteiger partial charge is 0.305 e. The third-order valence-corrected chi connectivity index (χ3v) is 4.48. The van der Waals surface area contributed by atoms with Gasteiger partial charge in [-0.3, -0.25) is 9.69 Å². The Labute approximate surface area is 154 Å². The highest BCUT2D eigenvalue weighted by molar-refractivity contribution is 7.80. The molecule has 0 bridgehead atoms. The Kier molecular flexibility index (Phi) is 8.14. The molecule has 0 spiro atoms. The molecule has 140 valence electrons. The van der Waals surface area contributed by atoms with E-state index in [-0.39, 0.29) is 5.97 Å². The molecular weight excluding hydrogens is 340 g/mol. The Bertz CT molecular complexity index is 564. The van der Waals surface area contributed by atoms with Crippen molar-refractivity contribution in [2.45, 2.75) is 39.7 Å². The number of hydrogen-bond acceptors (Lipinski definition) is 6. The molecule has 1 fully saturated rings. The zero-order valence-electron chi connectivity index (χ0n) is 15.1. The number of rotatable bonds is 7. The van der Waals surface area contributed by atoms with Crippen LogP contribution in [-0.4, -0.2) is 65.4 Å². The maximum Gasteiger partial charge on any atom is 0.305 e. The quantitative estimate of drug-likeness (QED) is 0.443. The van der Waals surface area contributed by atoms with Crippen molar-refractivity contribution >= 4 is 23.3 Å². The van der Waals surface area contributed by atoms with Gasteiger partial charge in [-0.25, -0.2) is 0 Å². The van der Waals surface area contributed by atoms with Gasteiger partial charge in [-0.1, -0.05) is 5.16 Å². The van der Waals surface area contributed by atoms with E-state index in [0.29, 0.717) is 19.6 Å². The molecule has 0 amide bonds. The van der Waals surface area contributed by atoms with E-state index in [4.69, 9.17) is 21.5 Å². The monoisotopic (exact) mass is 368 g/mol. The highest BCUT2D eigenvalue weighted by atomic mass is 32.1. The number of aromatic nitrogens is 1. The molecule has 1 saturated heterocycles. The molecule has 1 N–H and O–H groups in total. The van der Waals surface area contributed by atoms with Crippen molar-refractivity contribution in [3.63, 3.8) is 0 Å². The Balaban J connectivity index is 1.67. The molecule has 0 radical (unpaired) electrons. The van der Waals surface area contributed by atoms with Crippen LogP contribution in [0.4, 0.5) is 0 Å². The fraction of sp³-hybridized carbons (Fsp3) is 0.706. The van der Waals surface area contributed by atoms with Crippen LogP contribution in [0.3, 0.4) is 0 Å². The predicted molar refractivity (Wildman–Crippen MR) is 99.2 cm³/mol. The molecule has 0 atom stereocenters. The molecule has 7 nitrogen and oxygen atoms in total. The van der Waals surface area contributed by atoms with Gasteiger partial charge in [0.1, 0.15) is 5.76 Å². The maximum atomic E-state index is 11.3. The number of thiocarbonyl (C=S) groups is 1. The summed E-state index contributed by atoms with van der Waals surface area (Å²) in [5.41, 5.74) is 0.977. The minimum absolute atomic E-state index is 0.149. The predicted octanol–water partition coefficient (Wildman–Crippen LogP) is 1.71. The van der Waals surface area contributed by atoms with E-state index in [0.717, 1.165) is 62.1 Å². The molecule has 0 saturated carbocycles. The number of carbonyl (C=O) groups excluding carboxylic acids is 1. The average Bonchev–Trinajstić information content (AvgIpc) is 2.84. The molecule has 2 rings (SSSR count). The first kappa shape index (κ1) is 19.7. The Morgan fingerprint density at radius 3 is 2.96 bits per heavy atom. The molecule has 0 unspecified atom stereocenters. The van der Waals surface area contributed by atoms with E-state index in [2.05, 4.69) is 20.3 Å². The van der Waals surface area contributed by atoms with Gasteiger partial charge in [0.15, 0.2) is 5.11 Å². The summed E-state index contributed by atoms with van der Waals surface area (Å²) in [6.07, 6.45) is 2.21. The number of carbonyl (C=O) groups is 1. The second kappa shape index (κ2) is 10.4. The minimum atomic E-state index is -0.149. The van der Waals surface area contributed by atoms with Crippen LogP contribution in [0.25, 0.3) is 0 Å². The largest absolute Gasteiger partial charge is 0.466 e. The molecule has 2 heterocycles. The number of ether oxygens (including phenoxy) is 1. The number of nitrogens with zero attached hydrogens (tertiary/aromatic N) is 3. The second-order valence-electron chi connectivity index (χ2n) is 6.19. The summed E-state index contributed by atoms with van der Waals surface area (Å²) >= 11 is 5.49. The van der Waals surface area contributed by atoms with Crippen LogP contribution in [0.15, 0.2) is 10.6 Å². The molecule has 25 heavy (non-hydrogen) atoms. The van der Waals surface area contributed by atoms with Crippen LogP contribution in [0.5, 0.6) is 0 Å². The van der Waals surface area contributed by atoms with E-state index in [1.165, 1.54) is 0 Å². The Morgan fingerprint density at radius 2 is 2.24 bits per heavy atom. The zero-order chi connectivity index (χ0) is 18.1. The summed E-state index contributed by atoms with van der Waals surface area (Å²) in [5.74, 6) is 0.698. The van der Waals surface area contributed by atoms with Crippen LogP contribution < -0.4 is 5.32 Å². The van der Waals surface area contributed by atoms with E-state index < -0.39 is 0 Å². The van der Waals surface area contributed by atoms with Crippen molar-refractivity contribution in [2.24, 2.45) is 0 Å². The first-order valence-corrected chi connectivity index (χ1v) is 9.32. The summed E-state index contributed by atoms with van der Waals surface area (Å²) in [6.45, 7) is 9.46. The normalized spacial score (nSPS) is 15.7. The van der Waals surface area contributed by atoms with Gasteiger partial charge < -0.3 is 19.5 Å². The lowest BCUT2D eigenvalue weighted by molar-refractivity contribution is -0.143. The number of esters is 1. The lowest BCUT2D eigenvalue weighted by atomic mass is 10.3. The molecular formula is C17H28N4O3S. The number of nitrogens with one attached hydrogen (secondary N) is 1. The summed E-state index contributed by atoms with van der Waals surface area (Å²) in [6, 6.07) is 1.98. The van der Waals surface area contributed by atoms with Crippen LogP contribution in [0.1, 0.15) is 37.6 Å². The summed E-state index contributed by atoms with van der Waals surface area (Å²) in [4.78, 5) is 15.9. The van der Waals surface area contributed by atoms with E-state index in [1.54, 1.807) is 0 Å². The van der Waals surface area contributed by atoms with Gasteiger partial charge in [0.2, 0.25) is 0 Å². The fourth-order valence-corrected chi connectivity index (χ4v) is 3.11. The van der Waals surface area contributed by atoms with Crippen LogP contribution in [0.2, 0.25) is 0 Å². The Hall–Kier alpha value is -1.67. The first-order chi connectivity index (χ1) is 12.1. The molecule has 8 heteroatoms. The molecule has 1 aromatic heterocycles. The molecule has 1 aliphatic heterocycles. The van der Waals surface area contributed by atoms with E-state index in [9.17, 15) is 4.79 Å². The first-order valence-electron chi connectivity index (χ1n) is 8.91. The van der Waals surface area contributed by atoms with Crippen molar-refractivity contribution in [3.8, 4) is 0 Å². The van der Waals surface area contributed by atoms with Gasteiger partial charge in [0.25, 0.3) is 0 Å². The standard InChI is InChI=1S/C17H28N4O3S/c1-3-23-16(22)6-4-7-18-17(25)21-9-5-8-20(10-11-21)13-15-12-14(2)24-19-15/h12H,3-11,13H2,1-2H3,(H,18,25). The van der Waals surface area contributed by atoms with Gasteiger partial charge in [-0.15, -0.1) is 0 Å².